The largest absolute Gasteiger partial charge is 0.345 e. The molecule has 0 spiro atoms. The summed E-state index contributed by atoms with van der Waals surface area (Å²) in [4.78, 5) is 14.3. The van der Waals surface area contributed by atoms with Gasteiger partial charge in [0.15, 0.2) is 0 Å². The van der Waals surface area contributed by atoms with Crippen LogP contribution in [-0.4, -0.2) is 37.5 Å². The predicted molar refractivity (Wildman–Crippen MR) is 67.3 cm³/mol. The number of piperidine rings is 1. The minimum atomic E-state index is -0.148. The summed E-state index contributed by atoms with van der Waals surface area (Å²) in [5, 5.41) is 3.31. The highest BCUT2D eigenvalue weighted by atomic mass is 16.2. The molecule has 0 radical (unpaired) electrons. The molecule has 0 aromatic rings. The topological polar surface area (TPSA) is 32.3 Å². The highest BCUT2D eigenvalue weighted by Crippen LogP contribution is 2.30. The molecule has 1 N–H and O–H groups in total. The molecule has 0 unspecified atom stereocenters. The van der Waals surface area contributed by atoms with Crippen LogP contribution in [0.5, 0.6) is 0 Å². The second-order valence-electron chi connectivity index (χ2n) is 6.53. The van der Waals surface area contributed by atoms with E-state index in [0.717, 1.165) is 32.5 Å². The van der Waals surface area contributed by atoms with E-state index in [-0.39, 0.29) is 10.8 Å². The Bertz CT molecular complexity index is 249. The zero-order valence-corrected chi connectivity index (χ0v) is 11.4. The van der Waals surface area contributed by atoms with E-state index in [4.69, 9.17) is 0 Å². The standard InChI is InChI=1S/C13H26N2O/c1-12(2,3)10-15(5)11(16)13(4)6-8-14-9-7-13/h14H,6-10H2,1-5H3. The molecule has 3 heteroatoms. The van der Waals surface area contributed by atoms with Crippen LogP contribution in [0.25, 0.3) is 0 Å². The maximum Gasteiger partial charge on any atom is 0.228 e. The van der Waals surface area contributed by atoms with Crippen LogP contribution in [0.4, 0.5) is 0 Å². The lowest BCUT2D eigenvalue weighted by Gasteiger charge is -2.38. The molecule has 1 aliphatic heterocycles. The third-order valence-corrected chi connectivity index (χ3v) is 3.28. The normalized spacial score (nSPS) is 20.6. The maximum atomic E-state index is 12.4. The van der Waals surface area contributed by atoms with Gasteiger partial charge in [-0.25, -0.2) is 0 Å². The Labute approximate surface area is 99.6 Å². The van der Waals surface area contributed by atoms with Crippen molar-refractivity contribution in [2.45, 2.75) is 40.5 Å². The van der Waals surface area contributed by atoms with E-state index in [2.05, 4.69) is 33.0 Å². The first kappa shape index (κ1) is 13.5. The molecule has 0 aliphatic carbocycles. The van der Waals surface area contributed by atoms with Gasteiger partial charge in [0, 0.05) is 19.0 Å². The highest BCUT2D eigenvalue weighted by Gasteiger charge is 2.37. The van der Waals surface area contributed by atoms with Gasteiger partial charge >= 0.3 is 0 Å². The Morgan fingerprint density at radius 1 is 1.31 bits per heavy atom. The van der Waals surface area contributed by atoms with Crippen LogP contribution in [0.3, 0.4) is 0 Å². The second-order valence-corrected chi connectivity index (χ2v) is 6.53. The first-order valence-electron chi connectivity index (χ1n) is 6.21. The molecule has 0 saturated carbocycles. The summed E-state index contributed by atoms with van der Waals surface area (Å²) >= 11 is 0. The Kier molecular flexibility index (Phi) is 4.00. The van der Waals surface area contributed by atoms with E-state index in [9.17, 15) is 4.79 Å². The first-order valence-corrected chi connectivity index (χ1v) is 6.21. The number of nitrogens with one attached hydrogen (secondary N) is 1. The molecular weight excluding hydrogens is 200 g/mol. The fraction of sp³-hybridized carbons (Fsp3) is 0.923. The van der Waals surface area contributed by atoms with Gasteiger partial charge in [-0.2, -0.15) is 0 Å². The lowest BCUT2D eigenvalue weighted by Crippen LogP contribution is -2.48. The predicted octanol–water partition coefficient (Wildman–Crippen LogP) is 1.88. The molecule has 16 heavy (non-hydrogen) atoms. The summed E-state index contributed by atoms with van der Waals surface area (Å²) in [5.74, 6) is 0.309. The van der Waals surface area contributed by atoms with Crippen LogP contribution in [0, 0.1) is 10.8 Å². The van der Waals surface area contributed by atoms with E-state index < -0.39 is 0 Å². The summed E-state index contributed by atoms with van der Waals surface area (Å²) < 4.78 is 0. The minimum absolute atomic E-state index is 0.148. The van der Waals surface area contributed by atoms with Gasteiger partial charge in [0.1, 0.15) is 0 Å². The smallest absolute Gasteiger partial charge is 0.228 e. The third kappa shape index (κ3) is 3.48. The van der Waals surface area contributed by atoms with Crippen molar-refractivity contribution in [3.63, 3.8) is 0 Å². The maximum absolute atomic E-state index is 12.4. The van der Waals surface area contributed by atoms with Crippen LogP contribution in [0.2, 0.25) is 0 Å². The Morgan fingerprint density at radius 3 is 2.25 bits per heavy atom. The molecule has 0 aromatic heterocycles. The number of rotatable bonds is 2. The molecular formula is C13H26N2O. The van der Waals surface area contributed by atoms with Gasteiger partial charge in [0.05, 0.1) is 0 Å². The summed E-state index contributed by atoms with van der Waals surface area (Å²) in [7, 11) is 1.93. The molecule has 1 saturated heterocycles. The Morgan fingerprint density at radius 2 is 1.81 bits per heavy atom. The molecule has 1 heterocycles. The third-order valence-electron chi connectivity index (χ3n) is 3.28. The molecule has 3 nitrogen and oxygen atoms in total. The van der Waals surface area contributed by atoms with Gasteiger partial charge in [-0.15, -0.1) is 0 Å². The summed E-state index contributed by atoms with van der Waals surface area (Å²) in [5.41, 5.74) is 0.0267. The van der Waals surface area contributed by atoms with Crippen molar-refractivity contribution >= 4 is 5.91 Å². The van der Waals surface area contributed by atoms with Crippen LogP contribution >= 0.6 is 0 Å². The fourth-order valence-corrected chi connectivity index (χ4v) is 2.44. The van der Waals surface area contributed by atoms with E-state index >= 15 is 0 Å². The molecule has 0 atom stereocenters. The second kappa shape index (κ2) is 4.74. The van der Waals surface area contributed by atoms with E-state index in [1.54, 1.807) is 0 Å². The number of hydrogen-bond donors (Lipinski definition) is 1. The van der Waals surface area contributed by atoms with Crippen molar-refractivity contribution in [3.05, 3.63) is 0 Å². The van der Waals surface area contributed by atoms with E-state index in [1.807, 2.05) is 11.9 Å². The Hall–Kier alpha value is -0.570. The van der Waals surface area contributed by atoms with Crippen molar-refractivity contribution in [3.8, 4) is 0 Å². The zero-order valence-electron chi connectivity index (χ0n) is 11.4. The molecule has 0 aromatic carbocycles. The average Bonchev–Trinajstić information content (AvgIpc) is 2.15. The van der Waals surface area contributed by atoms with Gasteiger partial charge in [-0.1, -0.05) is 27.7 Å². The van der Waals surface area contributed by atoms with Crippen LogP contribution in [-0.2, 0) is 4.79 Å². The van der Waals surface area contributed by atoms with Crippen molar-refractivity contribution in [2.24, 2.45) is 10.8 Å². The van der Waals surface area contributed by atoms with Crippen LogP contribution < -0.4 is 5.32 Å². The molecule has 1 aliphatic rings. The van der Waals surface area contributed by atoms with Gasteiger partial charge in [-0.3, -0.25) is 4.79 Å². The summed E-state index contributed by atoms with van der Waals surface area (Å²) in [6, 6.07) is 0. The Balaban J connectivity index is 2.62. The quantitative estimate of drug-likeness (QED) is 0.780. The highest BCUT2D eigenvalue weighted by molar-refractivity contribution is 5.82. The lowest BCUT2D eigenvalue weighted by molar-refractivity contribution is -0.142. The van der Waals surface area contributed by atoms with Gasteiger partial charge in [0.2, 0.25) is 5.91 Å². The van der Waals surface area contributed by atoms with Crippen molar-refractivity contribution in [1.29, 1.82) is 0 Å². The van der Waals surface area contributed by atoms with Gasteiger partial charge in [0.25, 0.3) is 0 Å². The molecule has 94 valence electrons. The fourth-order valence-electron chi connectivity index (χ4n) is 2.44. The van der Waals surface area contributed by atoms with Crippen molar-refractivity contribution in [1.82, 2.24) is 10.2 Å². The first-order chi connectivity index (χ1) is 7.25. The van der Waals surface area contributed by atoms with Crippen LogP contribution in [0.1, 0.15) is 40.5 Å². The lowest BCUT2D eigenvalue weighted by atomic mass is 9.79. The zero-order chi connectivity index (χ0) is 12.4. The monoisotopic (exact) mass is 226 g/mol. The SMILES string of the molecule is CN(CC(C)(C)C)C(=O)C1(C)CCNCC1. The summed E-state index contributed by atoms with van der Waals surface area (Å²) in [6.07, 6.45) is 1.92. The molecule has 1 rings (SSSR count). The number of nitrogens with zero attached hydrogens (tertiary/aromatic N) is 1. The number of hydrogen-bond acceptors (Lipinski definition) is 2. The number of amides is 1. The number of carbonyl (C=O) groups is 1. The van der Waals surface area contributed by atoms with E-state index in [1.165, 1.54) is 0 Å². The summed E-state index contributed by atoms with van der Waals surface area (Å²) in [6.45, 7) is 11.4. The average molecular weight is 226 g/mol. The van der Waals surface area contributed by atoms with Crippen LogP contribution in [0.15, 0.2) is 0 Å². The van der Waals surface area contributed by atoms with E-state index in [0.29, 0.717) is 5.91 Å². The van der Waals surface area contributed by atoms with Gasteiger partial charge < -0.3 is 10.2 Å². The molecule has 1 fully saturated rings. The molecule has 1 amide bonds. The minimum Gasteiger partial charge on any atom is -0.345 e. The number of carbonyl (C=O) groups excluding carboxylic acids is 1. The van der Waals surface area contributed by atoms with Crippen molar-refractivity contribution in [2.75, 3.05) is 26.7 Å². The van der Waals surface area contributed by atoms with Gasteiger partial charge in [-0.05, 0) is 31.3 Å². The molecule has 0 bridgehead atoms. The van der Waals surface area contributed by atoms with Crippen molar-refractivity contribution < 1.29 is 4.79 Å².